The van der Waals surface area contributed by atoms with Gasteiger partial charge in [-0.1, -0.05) is 0 Å². The second kappa shape index (κ2) is 3.53. The number of rotatable bonds is 2. The van der Waals surface area contributed by atoms with Gasteiger partial charge in [-0.05, 0) is 0 Å². The van der Waals surface area contributed by atoms with E-state index in [0.717, 1.165) is 6.42 Å². The van der Waals surface area contributed by atoms with E-state index in [2.05, 4.69) is 0 Å². The van der Waals surface area contributed by atoms with Gasteiger partial charge in [-0.3, -0.25) is 0 Å². The average Bonchev–Trinajstić information content (AvgIpc) is 2.74. The Bertz CT molecular complexity index is 184. The van der Waals surface area contributed by atoms with E-state index >= 15 is 0 Å². The third-order valence-corrected chi connectivity index (χ3v) is 2.95. The summed E-state index contributed by atoms with van der Waals surface area (Å²) in [6.45, 7) is 1.91. The van der Waals surface area contributed by atoms with Gasteiger partial charge in [0.15, 0.2) is 0 Å². The van der Waals surface area contributed by atoms with E-state index in [4.69, 9.17) is 18.9 Å². The molecule has 0 bridgehead atoms. The predicted octanol–water partition coefficient (Wildman–Crippen LogP) is 0.206. The summed E-state index contributed by atoms with van der Waals surface area (Å²) in [7, 11) is 3.41. The summed E-state index contributed by atoms with van der Waals surface area (Å²) in [4.78, 5) is 0. The third-order valence-electron chi connectivity index (χ3n) is 2.95. The Morgan fingerprint density at radius 1 is 1.23 bits per heavy atom. The summed E-state index contributed by atoms with van der Waals surface area (Å²) in [5.74, 6) is 0. The van der Waals surface area contributed by atoms with Gasteiger partial charge in [0.25, 0.3) is 0 Å². The van der Waals surface area contributed by atoms with Crippen LogP contribution in [0.1, 0.15) is 6.42 Å². The lowest BCUT2D eigenvalue weighted by molar-refractivity contribution is -0.0772. The van der Waals surface area contributed by atoms with Gasteiger partial charge in [-0.2, -0.15) is 0 Å². The second-order valence-electron chi connectivity index (χ2n) is 3.68. The first kappa shape index (κ1) is 9.40. The third kappa shape index (κ3) is 1.48. The van der Waals surface area contributed by atoms with Crippen molar-refractivity contribution < 1.29 is 18.9 Å². The lowest BCUT2D eigenvalue weighted by Gasteiger charge is -2.26. The van der Waals surface area contributed by atoms with Gasteiger partial charge in [0.2, 0.25) is 0 Å². The number of methoxy groups -OCH3 is 2. The van der Waals surface area contributed by atoms with Crippen LogP contribution >= 0.6 is 0 Å². The van der Waals surface area contributed by atoms with Crippen LogP contribution in [0.15, 0.2) is 0 Å². The molecule has 3 atom stereocenters. The highest BCUT2D eigenvalue weighted by Crippen LogP contribution is 2.36. The van der Waals surface area contributed by atoms with Gasteiger partial charge in [0.05, 0.1) is 25.9 Å². The number of hydrogen-bond acceptors (Lipinski definition) is 4. The molecule has 2 fully saturated rings. The molecule has 0 aliphatic carbocycles. The fourth-order valence-electron chi connectivity index (χ4n) is 2.10. The van der Waals surface area contributed by atoms with Crippen LogP contribution < -0.4 is 0 Å². The molecule has 0 N–H and O–H groups in total. The molecule has 1 unspecified atom stereocenters. The summed E-state index contributed by atoms with van der Waals surface area (Å²) < 4.78 is 21.7. The van der Waals surface area contributed by atoms with Crippen molar-refractivity contribution in [2.45, 2.75) is 24.2 Å². The van der Waals surface area contributed by atoms with Gasteiger partial charge in [0.1, 0.15) is 11.7 Å². The topological polar surface area (TPSA) is 36.9 Å². The first-order valence-corrected chi connectivity index (χ1v) is 4.58. The maximum absolute atomic E-state index is 5.73. The van der Waals surface area contributed by atoms with Crippen LogP contribution in [0.3, 0.4) is 0 Å². The lowest BCUT2D eigenvalue weighted by atomic mass is 9.95. The Morgan fingerprint density at radius 2 is 2.08 bits per heavy atom. The molecule has 4 nitrogen and oxygen atoms in total. The van der Waals surface area contributed by atoms with Crippen molar-refractivity contribution in [3.8, 4) is 0 Å². The molecule has 76 valence electrons. The summed E-state index contributed by atoms with van der Waals surface area (Å²) >= 11 is 0. The van der Waals surface area contributed by atoms with E-state index < -0.39 is 0 Å². The minimum atomic E-state index is -0.241. The molecular weight excluding hydrogens is 172 g/mol. The molecule has 2 aliphatic rings. The first-order valence-electron chi connectivity index (χ1n) is 4.58. The van der Waals surface area contributed by atoms with Crippen molar-refractivity contribution in [1.82, 2.24) is 0 Å². The van der Waals surface area contributed by atoms with Gasteiger partial charge >= 0.3 is 0 Å². The number of ether oxygens (including phenoxy) is 4. The normalized spacial score (nSPS) is 44.8. The van der Waals surface area contributed by atoms with Crippen LogP contribution in [-0.4, -0.2) is 51.8 Å². The van der Waals surface area contributed by atoms with Crippen molar-refractivity contribution in [1.29, 1.82) is 0 Å². The Balaban J connectivity index is 2.04. The van der Waals surface area contributed by atoms with E-state index in [1.165, 1.54) is 0 Å². The van der Waals surface area contributed by atoms with Crippen molar-refractivity contribution in [3.63, 3.8) is 0 Å². The molecule has 2 aliphatic heterocycles. The monoisotopic (exact) mass is 188 g/mol. The fourth-order valence-corrected chi connectivity index (χ4v) is 2.10. The predicted molar refractivity (Wildman–Crippen MR) is 45.7 cm³/mol. The van der Waals surface area contributed by atoms with Crippen LogP contribution in [0.4, 0.5) is 0 Å². The van der Waals surface area contributed by atoms with E-state index in [9.17, 15) is 0 Å². The van der Waals surface area contributed by atoms with E-state index in [1.807, 2.05) is 0 Å². The highest BCUT2D eigenvalue weighted by molar-refractivity contribution is 4.99. The highest BCUT2D eigenvalue weighted by atomic mass is 16.6. The molecule has 1 spiro atoms. The van der Waals surface area contributed by atoms with Crippen molar-refractivity contribution in [3.05, 3.63) is 0 Å². The molecule has 2 heterocycles. The smallest absolute Gasteiger partial charge is 0.122 e. The van der Waals surface area contributed by atoms with Gasteiger partial charge in [-0.15, -0.1) is 0 Å². The van der Waals surface area contributed by atoms with Crippen molar-refractivity contribution >= 4 is 0 Å². The zero-order valence-corrected chi connectivity index (χ0v) is 8.12. The lowest BCUT2D eigenvalue weighted by Crippen LogP contribution is -2.42. The Kier molecular flexibility index (Phi) is 2.55. The van der Waals surface area contributed by atoms with Crippen LogP contribution in [0, 0.1) is 0 Å². The average molecular weight is 188 g/mol. The molecule has 4 heteroatoms. The second-order valence-corrected chi connectivity index (χ2v) is 3.68. The maximum Gasteiger partial charge on any atom is 0.122 e. The van der Waals surface area contributed by atoms with Crippen molar-refractivity contribution in [2.24, 2.45) is 0 Å². The Morgan fingerprint density at radius 3 is 2.69 bits per heavy atom. The SMILES string of the molecule is CO[C@@H]1COC2(COC[C@H]2OC)C1. The van der Waals surface area contributed by atoms with Crippen LogP contribution in [0.2, 0.25) is 0 Å². The fraction of sp³-hybridized carbons (Fsp3) is 1.00. The minimum Gasteiger partial charge on any atom is -0.379 e. The first-order chi connectivity index (χ1) is 6.30. The molecule has 0 aromatic carbocycles. The van der Waals surface area contributed by atoms with Gasteiger partial charge in [-0.25, -0.2) is 0 Å². The number of hydrogen-bond donors (Lipinski definition) is 0. The molecule has 0 aromatic rings. The maximum atomic E-state index is 5.73. The summed E-state index contributed by atoms with van der Waals surface area (Å²) in [5.41, 5.74) is -0.241. The summed E-state index contributed by atoms with van der Waals surface area (Å²) in [6.07, 6.45) is 1.13. The van der Waals surface area contributed by atoms with E-state index in [-0.39, 0.29) is 17.8 Å². The largest absolute Gasteiger partial charge is 0.379 e. The zero-order valence-electron chi connectivity index (χ0n) is 8.12. The molecule has 13 heavy (non-hydrogen) atoms. The van der Waals surface area contributed by atoms with E-state index in [0.29, 0.717) is 19.8 Å². The van der Waals surface area contributed by atoms with Crippen LogP contribution in [-0.2, 0) is 18.9 Å². The van der Waals surface area contributed by atoms with E-state index in [1.54, 1.807) is 14.2 Å². The molecular formula is C9H16O4. The zero-order chi connectivity index (χ0) is 9.31. The molecule has 2 rings (SSSR count). The minimum absolute atomic E-state index is 0.0626. The highest BCUT2D eigenvalue weighted by Gasteiger charge is 2.51. The molecule has 2 saturated heterocycles. The standard InChI is InChI=1S/C9H16O4/c1-10-7-3-9(13-4-7)6-12-5-8(9)11-2/h7-8H,3-6H2,1-2H3/t7-,8+,9?/m0/s1. The van der Waals surface area contributed by atoms with Gasteiger partial charge < -0.3 is 18.9 Å². The molecule has 0 amide bonds. The van der Waals surface area contributed by atoms with Crippen LogP contribution in [0.5, 0.6) is 0 Å². The summed E-state index contributed by atoms with van der Waals surface area (Å²) in [6, 6.07) is 0. The Hall–Kier alpha value is -0.160. The van der Waals surface area contributed by atoms with Crippen molar-refractivity contribution in [2.75, 3.05) is 34.0 Å². The molecule has 0 radical (unpaired) electrons. The van der Waals surface area contributed by atoms with Gasteiger partial charge in [0, 0.05) is 20.6 Å². The summed E-state index contributed by atoms with van der Waals surface area (Å²) in [5, 5.41) is 0. The quantitative estimate of drug-likeness (QED) is 0.620. The van der Waals surface area contributed by atoms with Crippen LogP contribution in [0.25, 0.3) is 0 Å². The Labute approximate surface area is 78.1 Å². The molecule has 0 aromatic heterocycles. The molecule has 0 saturated carbocycles.